The third-order valence-electron chi connectivity index (χ3n) is 6.10. The zero-order chi connectivity index (χ0) is 25.3. The minimum Gasteiger partial charge on any atom is -0.481 e. The molecule has 0 spiro atoms. The van der Waals surface area contributed by atoms with Crippen molar-refractivity contribution in [2.24, 2.45) is 0 Å². The number of nitrogens with zero attached hydrogens (tertiary/aromatic N) is 5. The Bertz CT molecular complexity index is 1520. The van der Waals surface area contributed by atoms with Crippen molar-refractivity contribution in [3.63, 3.8) is 0 Å². The number of methoxy groups -OCH3 is 1. The first-order chi connectivity index (χ1) is 17.3. The van der Waals surface area contributed by atoms with Gasteiger partial charge >= 0.3 is 15.2 Å². The number of hydrogen-bond donors (Lipinski definition) is 2. The van der Waals surface area contributed by atoms with E-state index in [2.05, 4.69) is 37.6 Å². The molecule has 0 aliphatic heterocycles. The van der Waals surface area contributed by atoms with Gasteiger partial charge < -0.3 is 15.0 Å². The first-order valence-electron chi connectivity index (χ1n) is 11.6. The van der Waals surface area contributed by atoms with Crippen molar-refractivity contribution < 1.29 is 17.1 Å². The van der Waals surface area contributed by atoms with Crippen molar-refractivity contribution in [2.45, 2.75) is 31.0 Å². The van der Waals surface area contributed by atoms with Gasteiger partial charge in [0.25, 0.3) is 0 Å². The monoisotopic (exact) mass is 506 g/mol. The van der Waals surface area contributed by atoms with Crippen LogP contribution in [0.1, 0.15) is 23.1 Å². The van der Waals surface area contributed by atoms with Crippen LogP contribution in [0.2, 0.25) is 0 Å². The summed E-state index contributed by atoms with van der Waals surface area (Å²) in [5.41, 5.74) is 6.04. The summed E-state index contributed by atoms with van der Waals surface area (Å²) in [6, 6.07) is 11.6. The number of ether oxygens (including phenoxy) is 1. The molecule has 0 unspecified atom stereocenters. The van der Waals surface area contributed by atoms with Crippen LogP contribution >= 0.6 is 0 Å². The van der Waals surface area contributed by atoms with Crippen LogP contribution in [-0.2, 0) is 29.4 Å². The van der Waals surface area contributed by atoms with Gasteiger partial charge in [-0.25, -0.2) is 10.1 Å². The molecule has 0 fully saturated rings. The van der Waals surface area contributed by atoms with Gasteiger partial charge in [-0.05, 0) is 62.2 Å². The van der Waals surface area contributed by atoms with Crippen LogP contribution < -0.4 is 14.0 Å². The highest BCUT2D eigenvalue weighted by atomic mass is 32.2. The molecule has 1 aromatic carbocycles. The fraction of sp³-hybridized carbons (Fsp3) is 0.280. The average Bonchev–Trinajstić information content (AvgIpc) is 3.54. The number of aromatic nitrogens is 5. The van der Waals surface area contributed by atoms with Crippen LogP contribution in [0.25, 0.3) is 11.1 Å². The standard InChI is InChI=1S/C25H28N7O3S/c1-31(2)15-17-6-5-13-32(16-17)36(33,34)25-28-24(29-30-25)27-23-20-8-4-7-18(20)9-10-21(23)19-11-12-26-22(14-19)35-3/h5-6,9-14,16H,4,7-8,15H2,1-3H3,(H2,27,28,29,30)/q+1. The Balaban J connectivity index is 1.50. The molecule has 186 valence electrons. The lowest BCUT2D eigenvalue weighted by molar-refractivity contribution is -0.512. The van der Waals surface area contributed by atoms with E-state index in [1.807, 2.05) is 37.2 Å². The second-order valence-electron chi connectivity index (χ2n) is 8.94. The van der Waals surface area contributed by atoms with Gasteiger partial charge in [0.05, 0.1) is 12.8 Å². The molecule has 3 heterocycles. The molecule has 2 N–H and O–H groups in total. The molecule has 36 heavy (non-hydrogen) atoms. The Morgan fingerprint density at radius 1 is 1.19 bits per heavy atom. The molecule has 3 aromatic heterocycles. The number of benzene rings is 1. The number of H-pyrrole nitrogens is 1. The number of aryl methyl sites for hydroxylation is 1. The number of aromatic amines is 1. The summed E-state index contributed by atoms with van der Waals surface area (Å²) in [5.74, 6) is 0.694. The number of pyridine rings is 2. The first-order valence-corrected chi connectivity index (χ1v) is 13.0. The van der Waals surface area contributed by atoms with Gasteiger partial charge in [-0.15, -0.1) is 5.10 Å². The summed E-state index contributed by atoms with van der Waals surface area (Å²) in [5, 5.41) is 9.84. The zero-order valence-corrected chi connectivity index (χ0v) is 21.2. The maximum Gasteiger partial charge on any atom is 0.435 e. The molecule has 4 aromatic rings. The largest absolute Gasteiger partial charge is 0.481 e. The SMILES string of the molecule is COc1cc(-c2ccc3c(c2Nc2n[nH]c(S(=O)(=O)[n+]4cccc(CN(C)C)c4)n2)CCC3)ccn1. The van der Waals surface area contributed by atoms with Crippen LogP contribution in [0.5, 0.6) is 5.88 Å². The molecule has 0 bridgehead atoms. The van der Waals surface area contributed by atoms with Gasteiger partial charge in [-0.1, -0.05) is 16.1 Å². The lowest BCUT2D eigenvalue weighted by atomic mass is 9.98. The molecule has 11 heteroatoms. The van der Waals surface area contributed by atoms with E-state index in [1.54, 1.807) is 25.6 Å². The van der Waals surface area contributed by atoms with Crippen molar-refractivity contribution in [1.29, 1.82) is 0 Å². The van der Waals surface area contributed by atoms with Crippen LogP contribution in [0.4, 0.5) is 11.6 Å². The molecule has 0 saturated heterocycles. The number of nitrogens with one attached hydrogen (secondary N) is 2. The minimum absolute atomic E-state index is 0.182. The fourth-order valence-corrected chi connectivity index (χ4v) is 5.54. The average molecular weight is 507 g/mol. The summed E-state index contributed by atoms with van der Waals surface area (Å²) in [6.45, 7) is 0.612. The van der Waals surface area contributed by atoms with Crippen molar-refractivity contribution in [2.75, 3.05) is 26.5 Å². The van der Waals surface area contributed by atoms with E-state index in [0.29, 0.717) is 12.4 Å². The van der Waals surface area contributed by atoms with Crippen LogP contribution in [0.15, 0.2) is 60.1 Å². The Morgan fingerprint density at radius 3 is 2.86 bits per heavy atom. The lowest BCUT2D eigenvalue weighted by Crippen LogP contribution is -2.43. The minimum atomic E-state index is -3.95. The Morgan fingerprint density at radius 2 is 2.06 bits per heavy atom. The third kappa shape index (κ3) is 4.67. The number of hydrogen-bond acceptors (Lipinski definition) is 8. The van der Waals surface area contributed by atoms with Crippen LogP contribution in [-0.4, -0.2) is 54.7 Å². The predicted octanol–water partition coefficient (Wildman–Crippen LogP) is 2.69. The molecule has 10 nitrogen and oxygen atoms in total. The molecule has 0 atom stereocenters. The van der Waals surface area contributed by atoms with Gasteiger partial charge in [-0.2, -0.15) is 13.4 Å². The van der Waals surface area contributed by atoms with Crippen molar-refractivity contribution >= 4 is 21.7 Å². The molecule has 5 rings (SSSR count). The maximum absolute atomic E-state index is 13.3. The third-order valence-corrected chi connectivity index (χ3v) is 7.55. The Labute approximate surface area is 210 Å². The molecule has 0 radical (unpaired) electrons. The summed E-state index contributed by atoms with van der Waals surface area (Å²) >= 11 is 0. The molecule has 0 amide bonds. The highest BCUT2D eigenvalue weighted by Crippen LogP contribution is 2.39. The molecule has 0 saturated carbocycles. The predicted molar refractivity (Wildman–Crippen MR) is 135 cm³/mol. The van der Waals surface area contributed by atoms with Gasteiger partial charge in [0, 0.05) is 36.0 Å². The smallest absolute Gasteiger partial charge is 0.435 e. The normalized spacial score (nSPS) is 13.1. The maximum atomic E-state index is 13.3. The summed E-state index contributed by atoms with van der Waals surface area (Å²) in [4.78, 5) is 10.5. The van der Waals surface area contributed by atoms with Crippen LogP contribution in [0.3, 0.4) is 0 Å². The van der Waals surface area contributed by atoms with Crippen molar-refractivity contribution in [3.8, 4) is 17.0 Å². The van der Waals surface area contributed by atoms with Gasteiger partial charge in [-0.3, -0.25) is 0 Å². The quantitative estimate of drug-likeness (QED) is 0.351. The van der Waals surface area contributed by atoms with Gasteiger partial charge in [0.2, 0.25) is 11.8 Å². The first kappa shape index (κ1) is 23.9. The topological polar surface area (TPSA) is 117 Å². The highest BCUT2D eigenvalue weighted by Gasteiger charge is 2.30. The van der Waals surface area contributed by atoms with Crippen molar-refractivity contribution in [1.82, 2.24) is 25.1 Å². The summed E-state index contributed by atoms with van der Waals surface area (Å²) in [6.07, 6.45) is 7.74. The molecular formula is C25H28N7O3S+. The zero-order valence-electron chi connectivity index (χ0n) is 20.4. The van der Waals surface area contributed by atoms with Gasteiger partial charge in [0.1, 0.15) is 0 Å². The number of rotatable bonds is 8. The summed E-state index contributed by atoms with van der Waals surface area (Å²) in [7, 11) is 1.49. The molecule has 1 aliphatic rings. The summed E-state index contributed by atoms with van der Waals surface area (Å²) < 4.78 is 33.0. The van der Waals surface area contributed by atoms with Crippen LogP contribution in [0, 0.1) is 0 Å². The number of fused-ring (bicyclic) bond motifs is 1. The Hall–Kier alpha value is -3.83. The van der Waals surface area contributed by atoms with E-state index in [9.17, 15) is 8.42 Å². The van der Waals surface area contributed by atoms with E-state index in [1.165, 1.54) is 17.3 Å². The lowest BCUT2D eigenvalue weighted by Gasteiger charge is -2.15. The molecular weight excluding hydrogens is 478 g/mol. The van der Waals surface area contributed by atoms with E-state index in [4.69, 9.17) is 4.74 Å². The van der Waals surface area contributed by atoms with E-state index < -0.39 is 10.0 Å². The van der Waals surface area contributed by atoms with Gasteiger partial charge in [0.15, 0.2) is 12.4 Å². The van der Waals surface area contributed by atoms with Crippen molar-refractivity contribution in [3.05, 3.63) is 71.7 Å². The van der Waals surface area contributed by atoms with E-state index in [-0.39, 0.29) is 11.1 Å². The highest BCUT2D eigenvalue weighted by molar-refractivity contribution is 7.84. The van der Waals surface area contributed by atoms with E-state index in [0.717, 1.165) is 45.6 Å². The molecule has 1 aliphatic carbocycles. The fourth-order valence-electron chi connectivity index (χ4n) is 4.48. The Kier molecular flexibility index (Phi) is 6.42. The second kappa shape index (κ2) is 9.67. The second-order valence-corrected chi connectivity index (χ2v) is 10.7. The number of anilines is 2. The van der Waals surface area contributed by atoms with E-state index >= 15 is 0 Å².